The molecular formula is C22H16Br2N2. The van der Waals surface area contributed by atoms with Crippen LogP contribution in [0.25, 0.3) is 28.2 Å². The van der Waals surface area contributed by atoms with Crippen molar-refractivity contribution < 1.29 is 0 Å². The average molecular weight is 468 g/mol. The highest BCUT2D eigenvalue weighted by atomic mass is 79.9. The van der Waals surface area contributed by atoms with E-state index in [9.17, 15) is 0 Å². The van der Waals surface area contributed by atoms with Gasteiger partial charge in [-0.05, 0) is 49.4 Å². The van der Waals surface area contributed by atoms with Crippen LogP contribution < -0.4 is 0 Å². The third-order valence-corrected chi connectivity index (χ3v) is 5.33. The summed E-state index contributed by atoms with van der Waals surface area (Å²) in [5.41, 5.74) is 6.54. The van der Waals surface area contributed by atoms with Crippen molar-refractivity contribution in [2.75, 3.05) is 0 Å². The monoisotopic (exact) mass is 466 g/mol. The molecule has 0 aliphatic heterocycles. The Hall–Kier alpha value is -2.17. The highest BCUT2D eigenvalue weighted by Gasteiger charge is 2.13. The van der Waals surface area contributed by atoms with Crippen LogP contribution in [0.2, 0.25) is 0 Å². The van der Waals surface area contributed by atoms with Crippen molar-refractivity contribution in [3.05, 3.63) is 93.4 Å². The van der Waals surface area contributed by atoms with Gasteiger partial charge in [-0.2, -0.15) is 5.10 Å². The van der Waals surface area contributed by atoms with Gasteiger partial charge in [0.1, 0.15) is 0 Å². The molecule has 0 saturated heterocycles. The van der Waals surface area contributed by atoms with E-state index in [1.54, 1.807) is 0 Å². The Balaban J connectivity index is 1.88. The molecule has 26 heavy (non-hydrogen) atoms. The third-order valence-electron chi connectivity index (χ3n) is 4.27. The first-order valence-corrected chi connectivity index (χ1v) is 9.88. The van der Waals surface area contributed by atoms with Crippen molar-refractivity contribution in [1.29, 1.82) is 0 Å². The second-order valence-corrected chi connectivity index (χ2v) is 8.01. The highest BCUT2D eigenvalue weighted by Crippen LogP contribution is 2.30. The zero-order valence-corrected chi connectivity index (χ0v) is 17.3. The lowest BCUT2D eigenvalue weighted by Crippen LogP contribution is -1.99. The van der Waals surface area contributed by atoms with Crippen molar-refractivity contribution in [3.63, 3.8) is 0 Å². The molecule has 0 saturated carbocycles. The van der Waals surface area contributed by atoms with E-state index in [0.29, 0.717) is 0 Å². The summed E-state index contributed by atoms with van der Waals surface area (Å²) in [6, 6.07) is 27.2. The SMILES string of the molecule is Cc1ccc(-n2nc(-c3ccc(Br)cc3)cc2-c2ccc(Br)cc2)cc1. The van der Waals surface area contributed by atoms with Crippen LogP contribution in [0, 0.1) is 6.92 Å². The molecule has 0 fully saturated rings. The van der Waals surface area contributed by atoms with Gasteiger partial charge in [-0.3, -0.25) is 0 Å². The number of hydrogen-bond donors (Lipinski definition) is 0. The number of nitrogens with zero attached hydrogens (tertiary/aromatic N) is 2. The van der Waals surface area contributed by atoms with Gasteiger partial charge in [0.15, 0.2) is 0 Å². The molecule has 128 valence electrons. The Morgan fingerprint density at radius 2 is 1.23 bits per heavy atom. The molecule has 0 unspecified atom stereocenters. The first-order chi connectivity index (χ1) is 12.6. The van der Waals surface area contributed by atoms with Crippen molar-refractivity contribution in [1.82, 2.24) is 9.78 Å². The summed E-state index contributed by atoms with van der Waals surface area (Å²) in [4.78, 5) is 0. The van der Waals surface area contributed by atoms with Crippen LogP contribution in [-0.2, 0) is 0 Å². The minimum absolute atomic E-state index is 0.955. The standard InChI is InChI=1S/C22H16Br2N2/c1-15-2-12-20(13-3-15)26-22(17-6-10-19(24)11-7-17)14-21(25-26)16-4-8-18(23)9-5-16/h2-14H,1H3. The van der Waals surface area contributed by atoms with Gasteiger partial charge in [0, 0.05) is 20.1 Å². The molecule has 2 nitrogen and oxygen atoms in total. The van der Waals surface area contributed by atoms with Crippen molar-refractivity contribution in [3.8, 4) is 28.2 Å². The van der Waals surface area contributed by atoms with Crippen molar-refractivity contribution in [2.24, 2.45) is 0 Å². The van der Waals surface area contributed by atoms with Crippen LogP contribution in [0.5, 0.6) is 0 Å². The van der Waals surface area contributed by atoms with Gasteiger partial charge in [-0.1, -0.05) is 73.8 Å². The fourth-order valence-electron chi connectivity index (χ4n) is 2.85. The van der Waals surface area contributed by atoms with Gasteiger partial charge in [0.05, 0.1) is 17.1 Å². The quantitative estimate of drug-likeness (QED) is 0.316. The zero-order valence-electron chi connectivity index (χ0n) is 14.2. The van der Waals surface area contributed by atoms with E-state index in [4.69, 9.17) is 5.10 Å². The summed E-state index contributed by atoms with van der Waals surface area (Å²) in [7, 11) is 0. The lowest BCUT2D eigenvalue weighted by atomic mass is 10.1. The zero-order chi connectivity index (χ0) is 18.1. The molecule has 1 heterocycles. The Bertz CT molecular complexity index is 968. The lowest BCUT2D eigenvalue weighted by Gasteiger charge is -2.08. The van der Waals surface area contributed by atoms with E-state index >= 15 is 0 Å². The fraction of sp³-hybridized carbons (Fsp3) is 0.0455. The summed E-state index contributed by atoms with van der Waals surface area (Å²) in [6.07, 6.45) is 0. The smallest absolute Gasteiger partial charge is 0.0934 e. The summed E-state index contributed by atoms with van der Waals surface area (Å²) >= 11 is 7.01. The normalized spacial score (nSPS) is 10.9. The maximum atomic E-state index is 4.90. The van der Waals surface area contributed by atoms with Crippen LogP contribution in [-0.4, -0.2) is 9.78 Å². The number of aryl methyl sites for hydroxylation is 1. The largest absolute Gasteiger partial charge is 0.232 e. The second kappa shape index (κ2) is 7.22. The maximum Gasteiger partial charge on any atom is 0.0934 e. The van der Waals surface area contributed by atoms with Crippen LogP contribution in [0.1, 0.15) is 5.56 Å². The first-order valence-electron chi connectivity index (χ1n) is 8.29. The van der Waals surface area contributed by atoms with Gasteiger partial charge in [0.25, 0.3) is 0 Å². The summed E-state index contributed by atoms with van der Waals surface area (Å²) in [5.74, 6) is 0. The minimum Gasteiger partial charge on any atom is -0.232 e. The van der Waals surface area contributed by atoms with Crippen LogP contribution in [0.3, 0.4) is 0 Å². The molecule has 1 aromatic heterocycles. The molecule has 0 aliphatic carbocycles. The van der Waals surface area contributed by atoms with Crippen LogP contribution in [0.4, 0.5) is 0 Å². The average Bonchev–Trinajstić information content (AvgIpc) is 3.09. The minimum atomic E-state index is 0.955. The molecule has 4 aromatic rings. The Labute approximate surface area is 169 Å². The van der Waals surface area contributed by atoms with Gasteiger partial charge < -0.3 is 0 Å². The van der Waals surface area contributed by atoms with Gasteiger partial charge in [-0.15, -0.1) is 0 Å². The molecule has 0 N–H and O–H groups in total. The molecule has 0 amide bonds. The van der Waals surface area contributed by atoms with Crippen LogP contribution >= 0.6 is 31.9 Å². The van der Waals surface area contributed by atoms with E-state index < -0.39 is 0 Å². The van der Waals surface area contributed by atoms with Crippen molar-refractivity contribution >= 4 is 31.9 Å². The summed E-state index contributed by atoms with van der Waals surface area (Å²) in [5, 5.41) is 4.90. The molecule has 0 bridgehead atoms. The number of aromatic nitrogens is 2. The third kappa shape index (κ3) is 3.53. The van der Waals surface area contributed by atoms with E-state index in [-0.39, 0.29) is 0 Å². The molecule has 0 atom stereocenters. The van der Waals surface area contributed by atoms with Crippen molar-refractivity contribution in [2.45, 2.75) is 6.92 Å². The molecule has 0 radical (unpaired) electrons. The van der Waals surface area contributed by atoms with E-state index in [2.05, 4.69) is 106 Å². The van der Waals surface area contributed by atoms with Gasteiger partial charge in [0.2, 0.25) is 0 Å². The van der Waals surface area contributed by atoms with Gasteiger partial charge >= 0.3 is 0 Å². The molecule has 4 heteroatoms. The lowest BCUT2D eigenvalue weighted by molar-refractivity contribution is 0.891. The van der Waals surface area contributed by atoms with E-state index in [1.165, 1.54) is 5.56 Å². The highest BCUT2D eigenvalue weighted by molar-refractivity contribution is 9.10. The number of benzene rings is 3. The summed E-state index contributed by atoms with van der Waals surface area (Å²) in [6.45, 7) is 2.09. The second-order valence-electron chi connectivity index (χ2n) is 6.18. The Kier molecular flexibility index (Phi) is 4.79. The number of halogens is 2. The van der Waals surface area contributed by atoms with Crippen LogP contribution in [0.15, 0.2) is 87.8 Å². The van der Waals surface area contributed by atoms with E-state index in [0.717, 1.165) is 37.1 Å². The molecule has 3 aromatic carbocycles. The number of rotatable bonds is 3. The molecule has 0 aliphatic rings. The predicted octanol–water partition coefficient (Wildman–Crippen LogP) is 7.04. The Morgan fingerprint density at radius 1 is 0.692 bits per heavy atom. The fourth-order valence-corrected chi connectivity index (χ4v) is 3.38. The molecular weight excluding hydrogens is 452 g/mol. The van der Waals surface area contributed by atoms with Gasteiger partial charge in [-0.25, -0.2) is 4.68 Å². The Morgan fingerprint density at radius 3 is 1.81 bits per heavy atom. The molecule has 0 spiro atoms. The summed E-state index contributed by atoms with van der Waals surface area (Å²) < 4.78 is 4.14. The number of hydrogen-bond acceptors (Lipinski definition) is 1. The molecule has 4 rings (SSSR count). The first kappa shape index (κ1) is 17.3. The topological polar surface area (TPSA) is 17.8 Å². The predicted molar refractivity (Wildman–Crippen MR) is 115 cm³/mol. The maximum absolute atomic E-state index is 4.90. The van der Waals surface area contributed by atoms with E-state index in [1.807, 2.05) is 16.8 Å².